The Balaban J connectivity index is 1.64. The Labute approximate surface area is 178 Å². The minimum Gasteiger partial charge on any atom is -0.394 e. The lowest BCUT2D eigenvalue weighted by Crippen LogP contribution is -2.55. The van der Waals surface area contributed by atoms with Gasteiger partial charge in [-0.15, -0.1) is 0 Å². The molecule has 0 spiro atoms. The van der Waals surface area contributed by atoms with Crippen LogP contribution in [-0.4, -0.2) is 51.4 Å². The van der Waals surface area contributed by atoms with Crippen LogP contribution in [0.4, 0.5) is 0 Å². The topological polar surface area (TPSA) is 90.2 Å². The molecule has 0 radical (unpaired) electrons. The summed E-state index contributed by atoms with van der Waals surface area (Å²) in [5.74, 6) is 0. The molecule has 4 N–H and O–H groups in total. The lowest BCUT2D eigenvalue weighted by atomic mass is 9.87. The first-order chi connectivity index (χ1) is 14.5. The number of benzene rings is 2. The summed E-state index contributed by atoms with van der Waals surface area (Å²) in [5.41, 5.74) is 7.25. The van der Waals surface area contributed by atoms with Crippen LogP contribution in [0.3, 0.4) is 0 Å². The maximum Gasteiger partial charge on any atom is 0.113 e. The van der Waals surface area contributed by atoms with Gasteiger partial charge in [0, 0.05) is 0 Å². The summed E-state index contributed by atoms with van der Waals surface area (Å²) < 4.78 is 5.81. The van der Waals surface area contributed by atoms with Crippen LogP contribution < -0.4 is 0 Å². The number of ether oxygens (including phenoxy) is 1. The number of aliphatic hydroxyl groups excluding tert-OH is 4. The van der Waals surface area contributed by atoms with E-state index in [0.29, 0.717) is 0 Å². The zero-order valence-corrected chi connectivity index (χ0v) is 17.5. The molecule has 2 aliphatic rings. The van der Waals surface area contributed by atoms with Crippen molar-refractivity contribution in [3.05, 3.63) is 69.8 Å². The van der Waals surface area contributed by atoms with Crippen LogP contribution in [0, 0.1) is 0 Å². The highest BCUT2D eigenvalue weighted by Crippen LogP contribution is 2.37. The molecule has 1 aliphatic carbocycles. The first-order valence-corrected chi connectivity index (χ1v) is 11.0. The fourth-order valence-corrected chi connectivity index (χ4v) is 4.86. The SMILES string of the molecule is CCCc1ccc(Cc2cc([C@@H]3O[C@H](CO)[C@@H](O)[C@H](O)[C@H]3O)cc3c2CCC3)cc1. The molecule has 1 heterocycles. The Morgan fingerprint density at radius 3 is 2.37 bits per heavy atom. The van der Waals surface area contributed by atoms with E-state index in [9.17, 15) is 20.4 Å². The molecule has 2 aromatic rings. The zero-order valence-electron chi connectivity index (χ0n) is 17.5. The summed E-state index contributed by atoms with van der Waals surface area (Å²) in [6.45, 7) is 1.77. The highest BCUT2D eigenvalue weighted by Gasteiger charge is 2.44. The predicted octanol–water partition coefficient (Wildman–Crippen LogP) is 2.23. The van der Waals surface area contributed by atoms with Gasteiger partial charge in [-0.1, -0.05) is 49.7 Å². The van der Waals surface area contributed by atoms with Gasteiger partial charge in [-0.2, -0.15) is 0 Å². The number of hydrogen-bond donors (Lipinski definition) is 4. The van der Waals surface area contributed by atoms with E-state index in [4.69, 9.17) is 4.74 Å². The van der Waals surface area contributed by atoms with Crippen LogP contribution in [0.1, 0.15) is 59.3 Å². The lowest BCUT2D eigenvalue weighted by Gasteiger charge is -2.40. The molecule has 0 amide bonds. The molecular weight excluding hydrogens is 380 g/mol. The van der Waals surface area contributed by atoms with E-state index >= 15 is 0 Å². The Morgan fingerprint density at radius 1 is 0.933 bits per heavy atom. The molecule has 1 saturated heterocycles. The van der Waals surface area contributed by atoms with Crippen LogP contribution in [0.15, 0.2) is 36.4 Å². The molecule has 5 nitrogen and oxygen atoms in total. The molecule has 5 atom stereocenters. The second kappa shape index (κ2) is 9.16. The molecule has 1 fully saturated rings. The van der Waals surface area contributed by atoms with E-state index in [0.717, 1.165) is 44.1 Å². The maximum absolute atomic E-state index is 10.6. The molecular formula is C25H32O5. The third-order valence-electron chi connectivity index (χ3n) is 6.51. The Bertz CT molecular complexity index is 861. The lowest BCUT2D eigenvalue weighted by molar-refractivity contribution is -0.231. The van der Waals surface area contributed by atoms with E-state index < -0.39 is 37.1 Å². The second-order valence-corrected chi connectivity index (χ2v) is 8.66. The molecule has 0 aromatic heterocycles. The summed E-state index contributed by atoms with van der Waals surface area (Å²) in [6, 6.07) is 12.9. The summed E-state index contributed by atoms with van der Waals surface area (Å²) in [5, 5.41) is 40.4. The summed E-state index contributed by atoms with van der Waals surface area (Å²) in [4.78, 5) is 0. The number of aryl methyl sites for hydroxylation is 2. The van der Waals surface area contributed by atoms with Crippen LogP contribution in [0.25, 0.3) is 0 Å². The molecule has 162 valence electrons. The average Bonchev–Trinajstić information content (AvgIpc) is 3.23. The Kier molecular flexibility index (Phi) is 6.56. The van der Waals surface area contributed by atoms with Gasteiger partial charge in [-0.3, -0.25) is 0 Å². The van der Waals surface area contributed by atoms with E-state index in [-0.39, 0.29) is 0 Å². The first kappa shape index (κ1) is 21.5. The monoisotopic (exact) mass is 412 g/mol. The third kappa shape index (κ3) is 4.18. The van der Waals surface area contributed by atoms with Gasteiger partial charge in [0.05, 0.1) is 6.61 Å². The number of rotatable bonds is 6. The van der Waals surface area contributed by atoms with Gasteiger partial charge >= 0.3 is 0 Å². The first-order valence-electron chi connectivity index (χ1n) is 11.0. The highest BCUT2D eigenvalue weighted by molar-refractivity contribution is 5.45. The molecule has 0 unspecified atom stereocenters. The van der Waals surface area contributed by atoms with Crippen molar-refractivity contribution in [1.29, 1.82) is 0 Å². The minimum atomic E-state index is -1.36. The van der Waals surface area contributed by atoms with E-state index in [1.54, 1.807) is 0 Å². The van der Waals surface area contributed by atoms with Gasteiger partial charge in [0.15, 0.2) is 0 Å². The summed E-state index contributed by atoms with van der Waals surface area (Å²) in [6.07, 6.45) is 0.556. The largest absolute Gasteiger partial charge is 0.394 e. The van der Waals surface area contributed by atoms with Crippen LogP contribution in [0.5, 0.6) is 0 Å². The van der Waals surface area contributed by atoms with Gasteiger partial charge in [0.25, 0.3) is 0 Å². The third-order valence-corrected chi connectivity index (χ3v) is 6.51. The molecule has 2 aromatic carbocycles. The Morgan fingerprint density at radius 2 is 1.67 bits per heavy atom. The minimum absolute atomic E-state index is 0.413. The number of aliphatic hydroxyl groups is 4. The van der Waals surface area contributed by atoms with Crippen molar-refractivity contribution in [2.24, 2.45) is 0 Å². The van der Waals surface area contributed by atoms with Crippen molar-refractivity contribution in [3.63, 3.8) is 0 Å². The molecule has 0 bridgehead atoms. The van der Waals surface area contributed by atoms with Crippen LogP contribution in [-0.2, 0) is 30.4 Å². The fourth-order valence-electron chi connectivity index (χ4n) is 4.86. The summed E-state index contributed by atoms with van der Waals surface area (Å²) >= 11 is 0. The average molecular weight is 413 g/mol. The van der Waals surface area contributed by atoms with Crippen LogP contribution >= 0.6 is 0 Å². The molecule has 0 saturated carbocycles. The van der Waals surface area contributed by atoms with E-state index in [1.165, 1.54) is 27.8 Å². The van der Waals surface area contributed by atoms with Gasteiger partial charge < -0.3 is 25.2 Å². The van der Waals surface area contributed by atoms with Gasteiger partial charge in [0.1, 0.15) is 30.5 Å². The summed E-state index contributed by atoms with van der Waals surface area (Å²) in [7, 11) is 0. The number of fused-ring (bicyclic) bond motifs is 1. The van der Waals surface area contributed by atoms with Gasteiger partial charge in [0.2, 0.25) is 0 Å². The Hall–Kier alpha value is -1.76. The van der Waals surface area contributed by atoms with E-state index in [2.05, 4.69) is 43.3 Å². The van der Waals surface area contributed by atoms with Gasteiger partial charge in [-0.05, 0) is 65.5 Å². The standard InChI is InChI=1S/C25H32O5/c1-2-4-15-7-9-16(10-8-15)11-18-13-19(12-17-5-3-6-20(17)18)25-24(29)23(28)22(27)21(14-26)30-25/h7-10,12-13,21-29H,2-6,11,14H2,1H3/t21-,22-,23+,24-,25+/m1/s1. The highest BCUT2D eigenvalue weighted by atomic mass is 16.5. The predicted molar refractivity (Wildman–Crippen MR) is 114 cm³/mol. The van der Waals surface area contributed by atoms with Crippen LogP contribution in [0.2, 0.25) is 0 Å². The quantitative estimate of drug-likeness (QED) is 0.584. The van der Waals surface area contributed by atoms with Crippen molar-refractivity contribution in [2.45, 2.75) is 76.0 Å². The zero-order chi connectivity index (χ0) is 21.3. The van der Waals surface area contributed by atoms with Crippen molar-refractivity contribution in [3.8, 4) is 0 Å². The molecule has 5 heteroatoms. The van der Waals surface area contributed by atoms with Gasteiger partial charge in [-0.25, -0.2) is 0 Å². The number of hydrogen-bond acceptors (Lipinski definition) is 5. The molecule has 4 rings (SSSR count). The smallest absolute Gasteiger partial charge is 0.113 e. The maximum atomic E-state index is 10.6. The van der Waals surface area contributed by atoms with E-state index in [1.807, 2.05) is 0 Å². The van der Waals surface area contributed by atoms with Crippen molar-refractivity contribution < 1.29 is 25.2 Å². The second-order valence-electron chi connectivity index (χ2n) is 8.66. The van der Waals surface area contributed by atoms with Crippen molar-refractivity contribution in [2.75, 3.05) is 6.61 Å². The fraction of sp³-hybridized carbons (Fsp3) is 0.520. The normalized spacial score (nSPS) is 28.5. The van der Waals surface area contributed by atoms with Crippen molar-refractivity contribution >= 4 is 0 Å². The molecule has 30 heavy (non-hydrogen) atoms. The molecule has 1 aliphatic heterocycles. The van der Waals surface area contributed by atoms with Crippen molar-refractivity contribution in [1.82, 2.24) is 0 Å².